The maximum Gasteiger partial charge on any atom is -0.0322 e. The summed E-state index contributed by atoms with van der Waals surface area (Å²) >= 11 is 0. The first-order valence-corrected chi connectivity index (χ1v) is 8.34. The number of hydrogen-bond acceptors (Lipinski definition) is 0. The molecule has 0 unspecified atom stereocenters. The van der Waals surface area contributed by atoms with E-state index < -0.39 is 0 Å². The molecule has 0 aliphatic rings. The van der Waals surface area contributed by atoms with Crippen LogP contribution >= 0.6 is 0 Å². The van der Waals surface area contributed by atoms with Crippen LogP contribution in [0.4, 0.5) is 0 Å². The third kappa shape index (κ3) is 15.7. The van der Waals surface area contributed by atoms with E-state index in [2.05, 4.69) is 19.9 Å². The highest BCUT2D eigenvalue weighted by Gasteiger charge is 1.93. The van der Waals surface area contributed by atoms with Crippen molar-refractivity contribution < 1.29 is 0 Å². The lowest BCUT2D eigenvalue weighted by molar-refractivity contribution is 0.543. The van der Waals surface area contributed by atoms with E-state index in [1.54, 1.807) is 0 Å². The maximum atomic E-state index is 3.73. The van der Waals surface area contributed by atoms with Gasteiger partial charge in [0.25, 0.3) is 0 Å². The van der Waals surface area contributed by atoms with Crippen LogP contribution in [0.1, 0.15) is 96.8 Å². The Morgan fingerprint density at radius 1 is 0.667 bits per heavy atom. The lowest BCUT2D eigenvalue weighted by Crippen LogP contribution is -1.83. The Bertz CT molecular complexity index is 148. The van der Waals surface area contributed by atoms with Crippen molar-refractivity contribution in [3.8, 4) is 0 Å². The molecule has 0 heteroatoms. The highest BCUT2D eigenvalue weighted by Crippen LogP contribution is 2.12. The molecule has 1 radical (unpaired) electrons. The molecule has 0 aliphatic heterocycles. The Hall–Kier alpha value is -0.260. The monoisotopic (exact) mass is 251 g/mol. The molecule has 107 valence electrons. The van der Waals surface area contributed by atoms with Gasteiger partial charge in [-0.25, -0.2) is 0 Å². The van der Waals surface area contributed by atoms with Crippen molar-refractivity contribution in [1.29, 1.82) is 0 Å². The van der Waals surface area contributed by atoms with E-state index in [1.165, 1.54) is 83.5 Å². The van der Waals surface area contributed by atoms with Gasteiger partial charge in [-0.05, 0) is 19.3 Å². The molecule has 0 aromatic heterocycles. The number of unbranched alkanes of at least 4 members (excludes halogenated alkanes) is 14. The molecular weight excluding hydrogens is 216 g/mol. The molecule has 0 saturated heterocycles. The van der Waals surface area contributed by atoms with Gasteiger partial charge in [-0.3, -0.25) is 0 Å². The van der Waals surface area contributed by atoms with E-state index >= 15 is 0 Å². The van der Waals surface area contributed by atoms with Crippen molar-refractivity contribution in [3.05, 3.63) is 19.1 Å². The molecule has 0 nitrogen and oxygen atoms in total. The normalized spacial score (nSPS) is 10.7. The van der Waals surface area contributed by atoms with Crippen LogP contribution in [-0.4, -0.2) is 0 Å². The van der Waals surface area contributed by atoms with Gasteiger partial charge in [-0.15, -0.1) is 6.58 Å². The van der Waals surface area contributed by atoms with Gasteiger partial charge in [0.05, 0.1) is 0 Å². The summed E-state index contributed by atoms with van der Waals surface area (Å²) in [6, 6.07) is 0. The first-order valence-electron chi connectivity index (χ1n) is 8.34. The smallest absolute Gasteiger partial charge is 0.0322 e. The highest BCUT2D eigenvalue weighted by molar-refractivity contribution is 4.77. The standard InChI is InChI=1S/C18H35/c1-3-5-7-9-11-13-15-17-18-16-14-12-10-8-6-4-2/h3,7H,1,4-6,8-18H2,2H3. The lowest BCUT2D eigenvalue weighted by atomic mass is 10.0. The minimum Gasteiger partial charge on any atom is -0.103 e. The Balaban J connectivity index is 2.88. The topological polar surface area (TPSA) is 0 Å². The van der Waals surface area contributed by atoms with Crippen molar-refractivity contribution in [2.24, 2.45) is 0 Å². The average Bonchev–Trinajstić information content (AvgIpc) is 2.39. The third-order valence-electron chi connectivity index (χ3n) is 3.60. The second kappa shape index (κ2) is 16.7. The highest BCUT2D eigenvalue weighted by atomic mass is 14.0. The fourth-order valence-electron chi connectivity index (χ4n) is 2.37. The maximum absolute atomic E-state index is 3.73. The number of hydrogen-bond donors (Lipinski definition) is 0. The molecule has 0 amide bonds. The first kappa shape index (κ1) is 17.7. The molecular formula is C18H35. The van der Waals surface area contributed by atoms with Crippen LogP contribution < -0.4 is 0 Å². The molecule has 18 heavy (non-hydrogen) atoms. The van der Waals surface area contributed by atoms with Crippen LogP contribution in [0, 0.1) is 6.42 Å². The fourth-order valence-corrected chi connectivity index (χ4v) is 2.37. The van der Waals surface area contributed by atoms with E-state index in [0.29, 0.717) is 0 Å². The van der Waals surface area contributed by atoms with Crippen molar-refractivity contribution in [2.45, 2.75) is 96.8 Å². The summed E-state index contributed by atoms with van der Waals surface area (Å²) in [7, 11) is 0. The zero-order chi connectivity index (χ0) is 13.3. The molecule has 0 fully saturated rings. The summed E-state index contributed by atoms with van der Waals surface area (Å²) in [5.74, 6) is 0. The van der Waals surface area contributed by atoms with E-state index in [4.69, 9.17) is 0 Å². The van der Waals surface area contributed by atoms with E-state index in [9.17, 15) is 0 Å². The van der Waals surface area contributed by atoms with Gasteiger partial charge in [0.1, 0.15) is 0 Å². The van der Waals surface area contributed by atoms with E-state index in [-0.39, 0.29) is 0 Å². The second-order valence-electron chi connectivity index (χ2n) is 5.49. The van der Waals surface area contributed by atoms with Gasteiger partial charge in [-0.2, -0.15) is 0 Å². The fraction of sp³-hybridized carbons (Fsp3) is 0.833. The summed E-state index contributed by atoms with van der Waals surface area (Å²) in [5, 5.41) is 0. The Morgan fingerprint density at radius 3 is 1.56 bits per heavy atom. The summed E-state index contributed by atoms with van der Waals surface area (Å²) in [4.78, 5) is 0. The van der Waals surface area contributed by atoms with Crippen molar-refractivity contribution in [3.63, 3.8) is 0 Å². The van der Waals surface area contributed by atoms with Gasteiger partial charge in [0.15, 0.2) is 0 Å². The summed E-state index contributed by atoms with van der Waals surface area (Å²) in [6.45, 7) is 6.02. The Labute approximate surface area is 116 Å². The number of rotatable bonds is 15. The molecule has 0 aromatic carbocycles. The molecule has 0 N–H and O–H groups in total. The summed E-state index contributed by atoms with van der Waals surface area (Å²) < 4.78 is 0. The molecule has 0 spiro atoms. The van der Waals surface area contributed by atoms with Gasteiger partial charge < -0.3 is 0 Å². The molecule has 0 bridgehead atoms. The third-order valence-corrected chi connectivity index (χ3v) is 3.60. The van der Waals surface area contributed by atoms with Crippen LogP contribution in [0.15, 0.2) is 12.7 Å². The van der Waals surface area contributed by atoms with E-state index in [1.807, 2.05) is 6.08 Å². The summed E-state index contributed by atoms with van der Waals surface area (Å²) in [6.07, 6.45) is 24.0. The van der Waals surface area contributed by atoms with Crippen LogP contribution in [0.2, 0.25) is 0 Å². The van der Waals surface area contributed by atoms with Crippen molar-refractivity contribution in [2.75, 3.05) is 0 Å². The van der Waals surface area contributed by atoms with Crippen molar-refractivity contribution >= 4 is 0 Å². The van der Waals surface area contributed by atoms with E-state index in [0.717, 1.165) is 6.42 Å². The van der Waals surface area contributed by atoms with Gasteiger partial charge in [0, 0.05) is 0 Å². The van der Waals surface area contributed by atoms with Crippen molar-refractivity contribution in [1.82, 2.24) is 0 Å². The van der Waals surface area contributed by atoms with Crippen LogP contribution in [-0.2, 0) is 0 Å². The van der Waals surface area contributed by atoms with Crippen LogP contribution in [0.3, 0.4) is 0 Å². The van der Waals surface area contributed by atoms with Gasteiger partial charge in [-0.1, -0.05) is 90.0 Å². The molecule has 0 saturated carbocycles. The Kier molecular flexibility index (Phi) is 16.5. The minimum atomic E-state index is 1.08. The zero-order valence-electron chi connectivity index (χ0n) is 12.8. The zero-order valence-corrected chi connectivity index (χ0v) is 12.8. The molecule has 0 aromatic rings. The van der Waals surface area contributed by atoms with Gasteiger partial charge in [0.2, 0.25) is 0 Å². The average molecular weight is 251 g/mol. The summed E-state index contributed by atoms with van der Waals surface area (Å²) in [5.41, 5.74) is 0. The first-order chi connectivity index (χ1) is 8.91. The van der Waals surface area contributed by atoms with Crippen LogP contribution in [0.25, 0.3) is 0 Å². The SMILES string of the molecule is C=CC[CH]CCCCCCCCCCCCCC. The molecule has 0 atom stereocenters. The lowest BCUT2D eigenvalue weighted by Gasteiger charge is -2.02. The molecule has 0 aliphatic carbocycles. The van der Waals surface area contributed by atoms with Crippen LogP contribution in [0.5, 0.6) is 0 Å². The van der Waals surface area contributed by atoms with Gasteiger partial charge >= 0.3 is 0 Å². The quantitative estimate of drug-likeness (QED) is 0.220. The predicted molar refractivity (Wildman–Crippen MR) is 84.8 cm³/mol. The molecule has 0 rings (SSSR count). The minimum absolute atomic E-state index is 1.08. The second-order valence-corrected chi connectivity index (χ2v) is 5.49. The molecule has 0 heterocycles. The Morgan fingerprint density at radius 2 is 1.11 bits per heavy atom. The predicted octanol–water partition coefficient (Wildman–Crippen LogP) is 6.86. The largest absolute Gasteiger partial charge is 0.103 e. The number of allylic oxidation sites excluding steroid dienone is 1.